The smallest absolute Gasteiger partial charge is 0.323 e. The molecule has 0 aromatic heterocycles. The fraction of sp³-hybridized carbons (Fsp3) is 0.100. The van der Waals surface area contributed by atoms with E-state index in [1.807, 2.05) is 50.2 Å². The highest BCUT2D eigenvalue weighted by molar-refractivity contribution is 6.05. The van der Waals surface area contributed by atoms with Gasteiger partial charge in [0.2, 0.25) is 0 Å². The van der Waals surface area contributed by atoms with Gasteiger partial charge in [-0.25, -0.2) is 4.79 Å². The molecule has 0 aliphatic rings. The molecule has 7 heteroatoms. The van der Waals surface area contributed by atoms with Crippen molar-refractivity contribution in [1.82, 2.24) is 5.32 Å². The Bertz CT molecular complexity index is 1390. The Labute approximate surface area is 215 Å². The Morgan fingerprint density at radius 3 is 1.86 bits per heavy atom. The van der Waals surface area contributed by atoms with Gasteiger partial charge in [-0.2, -0.15) is 0 Å². The van der Waals surface area contributed by atoms with Crippen molar-refractivity contribution in [2.75, 3.05) is 16.0 Å². The van der Waals surface area contributed by atoms with Crippen LogP contribution in [0.2, 0.25) is 0 Å². The topological polar surface area (TPSA) is 99.3 Å². The molecule has 4 aromatic carbocycles. The van der Waals surface area contributed by atoms with Crippen LogP contribution in [-0.4, -0.2) is 17.8 Å². The maximum atomic E-state index is 12.9. The van der Waals surface area contributed by atoms with E-state index in [0.717, 1.165) is 11.1 Å². The van der Waals surface area contributed by atoms with Crippen LogP contribution in [0.1, 0.15) is 44.8 Å². The number of benzene rings is 4. The standard InChI is InChI=1S/C30H28N4O3/c1-20-13-14-24(19-27(20)34-28(35)23-9-5-3-6-10-23)29(36)31-21(2)22-15-17-26(18-16-22)33-30(37)32-25-11-7-4-8-12-25/h3-19,21H,1-2H3,(H,31,36)(H,34,35)(H2,32,33,37). The van der Waals surface area contributed by atoms with Gasteiger partial charge in [0.05, 0.1) is 6.04 Å². The Kier molecular flexibility index (Phi) is 7.95. The predicted octanol–water partition coefficient (Wildman–Crippen LogP) is 6.38. The zero-order valence-corrected chi connectivity index (χ0v) is 20.6. The van der Waals surface area contributed by atoms with Gasteiger partial charge < -0.3 is 21.3 Å². The summed E-state index contributed by atoms with van der Waals surface area (Å²) in [6, 6.07) is 30.0. The van der Waals surface area contributed by atoms with Crippen LogP contribution in [0, 0.1) is 6.92 Å². The Morgan fingerprint density at radius 2 is 1.22 bits per heavy atom. The van der Waals surface area contributed by atoms with Crippen LogP contribution in [0.25, 0.3) is 0 Å². The molecule has 4 amide bonds. The van der Waals surface area contributed by atoms with Crippen LogP contribution in [-0.2, 0) is 0 Å². The van der Waals surface area contributed by atoms with Gasteiger partial charge >= 0.3 is 6.03 Å². The molecule has 186 valence electrons. The van der Waals surface area contributed by atoms with E-state index in [9.17, 15) is 14.4 Å². The zero-order chi connectivity index (χ0) is 26.2. The second-order valence-corrected chi connectivity index (χ2v) is 8.61. The first-order valence-corrected chi connectivity index (χ1v) is 11.9. The molecule has 0 aliphatic carbocycles. The summed E-state index contributed by atoms with van der Waals surface area (Å²) in [6.45, 7) is 3.76. The first-order valence-electron chi connectivity index (χ1n) is 11.9. The normalized spacial score (nSPS) is 11.2. The average molecular weight is 493 g/mol. The number of carbonyl (C=O) groups excluding carboxylic acids is 3. The summed E-state index contributed by atoms with van der Waals surface area (Å²) in [5, 5.41) is 11.4. The predicted molar refractivity (Wildman–Crippen MR) is 147 cm³/mol. The van der Waals surface area contributed by atoms with Crippen LogP contribution >= 0.6 is 0 Å². The van der Waals surface area contributed by atoms with Gasteiger partial charge in [-0.3, -0.25) is 9.59 Å². The molecule has 0 bridgehead atoms. The van der Waals surface area contributed by atoms with Crippen LogP contribution in [0.3, 0.4) is 0 Å². The molecule has 4 aromatic rings. The highest BCUT2D eigenvalue weighted by atomic mass is 16.2. The molecule has 4 rings (SSSR count). The van der Waals surface area contributed by atoms with E-state index in [4.69, 9.17) is 0 Å². The number of para-hydroxylation sites is 1. The molecule has 1 atom stereocenters. The minimum Gasteiger partial charge on any atom is -0.346 e. The highest BCUT2D eigenvalue weighted by Crippen LogP contribution is 2.21. The Balaban J connectivity index is 1.36. The average Bonchev–Trinajstić information content (AvgIpc) is 2.91. The Morgan fingerprint density at radius 1 is 0.622 bits per heavy atom. The number of aryl methyl sites for hydroxylation is 1. The molecule has 0 fully saturated rings. The van der Waals surface area contributed by atoms with Crippen LogP contribution in [0.4, 0.5) is 21.9 Å². The molecular weight excluding hydrogens is 464 g/mol. The number of anilines is 3. The van der Waals surface area contributed by atoms with Crippen molar-refractivity contribution < 1.29 is 14.4 Å². The lowest BCUT2D eigenvalue weighted by molar-refractivity contribution is 0.0938. The molecule has 0 spiro atoms. The van der Waals surface area contributed by atoms with Gasteiger partial charge in [0, 0.05) is 28.2 Å². The van der Waals surface area contributed by atoms with Crippen LogP contribution < -0.4 is 21.3 Å². The monoisotopic (exact) mass is 492 g/mol. The number of hydrogen-bond donors (Lipinski definition) is 4. The molecule has 0 aliphatic heterocycles. The molecule has 0 saturated carbocycles. The summed E-state index contributed by atoms with van der Waals surface area (Å²) in [6.07, 6.45) is 0. The van der Waals surface area contributed by atoms with Gasteiger partial charge in [-0.1, -0.05) is 54.6 Å². The third-order valence-corrected chi connectivity index (χ3v) is 5.83. The maximum Gasteiger partial charge on any atom is 0.323 e. The van der Waals surface area contributed by atoms with Gasteiger partial charge in [0.1, 0.15) is 0 Å². The van der Waals surface area contributed by atoms with Crippen molar-refractivity contribution in [3.05, 3.63) is 125 Å². The van der Waals surface area contributed by atoms with E-state index in [1.165, 1.54) is 0 Å². The highest BCUT2D eigenvalue weighted by Gasteiger charge is 2.15. The van der Waals surface area contributed by atoms with Crippen molar-refractivity contribution in [2.45, 2.75) is 19.9 Å². The van der Waals surface area contributed by atoms with E-state index in [0.29, 0.717) is 28.2 Å². The zero-order valence-electron chi connectivity index (χ0n) is 20.6. The molecule has 0 saturated heterocycles. The van der Waals surface area contributed by atoms with Crippen molar-refractivity contribution in [1.29, 1.82) is 0 Å². The van der Waals surface area contributed by atoms with Crippen molar-refractivity contribution in [3.63, 3.8) is 0 Å². The minimum absolute atomic E-state index is 0.235. The summed E-state index contributed by atoms with van der Waals surface area (Å²) >= 11 is 0. The fourth-order valence-corrected chi connectivity index (χ4v) is 3.72. The fourth-order valence-electron chi connectivity index (χ4n) is 3.72. The van der Waals surface area contributed by atoms with Crippen molar-refractivity contribution in [3.8, 4) is 0 Å². The Hall–Kier alpha value is -4.91. The van der Waals surface area contributed by atoms with Gasteiger partial charge in [0.15, 0.2) is 0 Å². The van der Waals surface area contributed by atoms with Gasteiger partial charge in [-0.05, 0) is 73.5 Å². The molecular formula is C30H28N4O3. The number of urea groups is 1. The first-order chi connectivity index (χ1) is 17.9. The largest absolute Gasteiger partial charge is 0.346 e. The summed E-state index contributed by atoms with van der Waals surface area (Å²) in [5.41, 5.74) is 4.64. The van der Waals surface area contributed by atoms with Crippen molar-refractivity contribution in [2.24, 2.45) is 0 Å². The molecule has 0 heterocycles. The van der Waals surface area contributed by atoms with Crippen LogP contribution in [0.5, 0.6) is 0 Å². The lowest BCUT2D eigenvalue weighted by atomic mass is 10.1. The second-order valence-electron chi connectivity index (χ2n) is 8.61. The molecule has 0 radical (unpaired) electrons. The van der Waals surface area contributed by atoms with E-state index in [2.05, 4.69) is 21.3 Å². The number of nitrogens with one attached hydrogen (secondary N) is 4. The van der Waals surface area contributed by atoms with E-state index in [-0.39, 0.29) is 23.9 Å². The number of rotatable bonds is 7. The lowest BCUT2D eigenvalue weighted by Gasteiger charge is -2.16. The van der Waals surface area contributed by atoms with Gasteiger partial charge in [-0.15, -0.1) is 0 Å². The van der Waals surface area contributed by atoms with E-state index in [1.54, 1.807) is 66.7 Å². The molecule has 37 heavy (non-hydrogen) atoms. The first kappa shape index (κ1) is 25.2. The van der Waals surface area contributed by atoms with Gasteiger partial charge in [0.25, 0.3) is 11.8 Å². The number of carbonyl (C=O) groups is 3. The quantitative estimate of drug-likeness (QED) is 0.241. The second kappa shape index (κ2) is 11.7. The summed E-state index contributed by atoms with van der Waals surface area (Å²) in [5.74, 6) is -0.493. The lowest BCUT2D eigenvalue weighted by Crippen LogP contribution is -2.27. The number of amides is 4. The summed E-state index contributed by atoms with van der Waals surface area (Å²) in [7, 11) is 0. The third-order valence-electron chi connectivity index (χ3n) is 5.83. The molecule has 7 nitrogen and oxygen atoms in total. The van der Waals surface area contributed by atoms with Crippen molar-refractivity contribution >= 4 is 34.9 Å². The minimum atomic E-state index is -0.338. The molecule has 1 unspecified atom stereocenters. The van der Waals surface area contributed by atoms with E-state index < -0.39 is 0 Å². The third kappa shape index (κ3) is 6.82. The summed E-state index contributed by atoms with van der Waals surface area (Å²) in [4.78, 5) is 37.7. The summed E-state index contributed by atoms with van der Waals surface area (Å²) < 4.78 is 0. The van der Waals surface area contributed by atoms with E-state index >= 15 is 0 Å². The maximum absolute atomic E-state index is 12.9. The van der Waals surface area contributed by atoms with Crippen LogP contribution in [0.15, 0.2) is 103 Å². The molecule has 4 N–H and O–H groups in total. The SMILES string of the molecule is Cc1ccc(C(=O)NC(C)c2ccc(NC(=O)Nc3ccccc3)cc2)cc1NC(=O)c1ccccc1. The number of hydrogen-bond acceptors (Lipinski definition) is 3.